The third kappa shape index (κ3) is 17.4. The summed E-state index contributed by atoms with van der Waals surface area (Å²) in [6.45, 7) is 14.0. The SMILES string of the molecule is C/C(=N/O)c1cccc(-c2cc(C#N)c3cn(-c4cccc(C)n4)nc3c2)n1.C/C(=N/O)c1cccc(-c2cc(C#N)c3cnn(-c4cccc(C)n4)c3c2)n1.CC(=O)c1cccc(-c2cc(C#N)c3cn(-c4cccc(C)n4)nc3c2)n1.CC(=O)c1cccc(-c2cc(C#N)c3cnn(-c4cccc(C)n4)c3c2)n1.Cl.NO. The van der Waals surface area contributed by atoms with Crippen LogP contribution in [-0.2, 0) is 0 Å². The van der Waals surface area contributed by atoms with Gasteiger partial charge in [0.1, 0.15) is 22.8 Å². The lowest BCUT2D eigenvalue weighted by molar-refractivity contribution is 0.100. The molecule has 0 fully saturated rings. The monoisotopic (exact) mass is 1510 g/mol. The first-order valence-electron chi connectivity index (χ1n) is 34.3. The smallest absolute Gasteiger partial charge is 0.178 e. The second-order valence-corrected chi connectivity index (χ2v) is 25.2. The zero-order valence-electron chi connectivity index (χ0n) is 61.8. The number of carbonyl (C=O) groups is 2. The summed E-state index contributed by atoms with van der Waals surface area (Å²) in [7, 11) is 0. The largest absolute Gasteiger partial charge is 0.411 e. The number of nitrogens with two attached hydrogens (primary N) is 1. The van der Waals surface area contributed by atoms with E-state index in [1.807, 2.05) is 167 Å². The van der Waals surface area contributed by atoms with Gasteiger partial charge < -0.3 is 15.6 Å². The van der Waals surface area contributed by atoms with Gasteiger partial charge in [-0.2, -0.15) is 41.4 Å². The molecule has 0 unspecified atom stereocenters. The second kappa shape index (κ2) is 35.0. The first kappa shape index (κ1) is 78.5. The average Bonchev–Trinajstić information content (AvgIpc) is 1.68. The van der Waals surface area contributed by atoms with Crippen molar-refractivity contribution in [3.05, 3.63) is 287 Å². The van der Waals surface area contributed by atoms with Crippen LogP contribution in [0.15, 0.2) is 229 Å². The highest BCUT2D eigenvalue weighted by Crippen LogP contribution is 2.33. The molecule has 554 valence electrons. The molecule has 5 N–H and O–H groups in total. The number of aryl methyl sites for hydroxylation is 4. The van der Waals surface area contributed by atoms with Crippen molar-refractivity contribution in [3.63, 3.8) is 0 Å². The van der Waals surface area contributed by atoms with Crippen molar-refractivity contribution in [2.45, 2.75) is 55.4 Å². The van der Waals surface area contributed by atoms with Crippen molar-refractivity contribution in [2.24, 2.45) is 16.2 Å². The Balaban J connectivity index is 0.000000147. The molecule has 0 atom stereocenters. The molecule has 0 aliphatic heterocycles. The molecular formula is C84H66ClN23O5. The van der Waals surface area contributed by atoms with E-state index in [9.17, 15) is 30.6 Å². The lowest BCUT2D eigenvalue weighted by Gasteiger charge is -2.08. The summed E-state index contributed by atoms with van der Waals surface area (Å²) >= 11 is 0. The minimum atomic E-state index is -0.104. The van der Waals surface area contributed by atoms with Crippen LogP contribution in [-0.4, -0.2) is 118 Å². The molecule has 0 saturated heterocycles. The van der Waals surface area contributed by atoms with Crippen LogP contribution >= 0.6 is 12.4 Å². The van der Waals surface area contributed by atoms with Gasteiger partial charge in [0, 0.05) is 92.8 Å². The van der Waals surface area contributed by atoms with Crippen molar-refractivity contribution >= 4 is 79.0 Å². The number of nitrogens with zero attached hydrogens (tertiary/aromatic N) is 22. The number of rotatable bonds is 12. The fourth-order valence-corrected chi connectivity index (χ4v) is 11.9. The van der Waals surface area contributed by atoms with Crippen LogP contribution in [0.25, 0.3) is 112 Å². The van der Waals surface area contributed by atoms with E-state index in [1.54, 1.807) is 112 Å². The molecule has 0 amide bonds. The highest BCUT2D eigenvalue weighted by molar-refractivity contribution is 5.99. The zero-order valence-corrected chi connectivity index (χ0v) is 62.6. The normalized spacial score (nSPS) is 10.9. The first-order valence-corrected chi connectivity index (χ1v) is 34.3. The van der Waals surface area contributed by atoms with E-state index < -0.39 is 0 Å². The predicted octanol–water partition coefficient (Wildman–Crippen LogP) is 15.2. The Morgan fingerprint density at radius 3 is 0.965 bits per heavy atom. The van der Waals surface area contributed by atoms with E-state index in [0.29, 0.717) is 114 Å². The molecule has 0 spiro atoms. The van der Waals surface area contributed by atoms with E-state index in [-0.39, 0.29) is 24.0 Å². The third-order valence-corrected chi connectivity index (χ3v) is 17.4. The van der Waals surface area contributed by atoms with Gasteiger partial charge in [0.25, 0.3) is 0 Å². The fraction of sp³-hybridized carbons (Fsp3) is 0.0952. The number of hydrogen-bond donors (Lipinski definition) is 4. The van der Waals surface area contributed by atoms with Gasteiger partial charge in [0.2, 0.25) is 0 Å². The molecule has 16 rings (SSSR count). The molecular weight excluding hydrogens is 1450 g/mol. The quantitative estimate of drug-likeness (QED) is 0.0382. The fourth-order valence-electron chi connectivity index (χ4n) is 11.9. The van der Waals surface area contributed by atoms with Gasteiger partial charge in [-0.3, -0.25) is 9.59 Å². The molecule has 4 aromatic carbocycles. The van der Waals surface area contributed by atoms with E-state index in [1.165, 1.54) is 13.8 Å². The summed E-state index contributed by atoms with van der Waals surface area (Å²) in [4.78, 5) is 59.2. The summed E-state index contributed by atoms with van der Waals surface area (Å²) in [5.41, 5.74) is 16.8. The van der Waals surface area contributed by atoms with Crippen LogP contribution in [0, 0.1) is 73.0 Å². The Labute approximate surface area is 651 Å². The van der Waals surface area contributed by atoms with E-state index >= 15 is 0 Å². The van der Waals surface area contributed by atoms with E-state index in [2.05, 4.69) is 101 Å². The van der Waals surface area contributed by atoms with Crippen LogP contribution in [0.5, 0.6) is 0 Å². The third-order valence-electron chi connectivity index (χ3n) is 17.4. The first-order chi connectivity index (χ1) is 54.3. The predicted molar refractivity (Wildman–Crippen MR) is 427 cm³/mol. The van der Waals surface area contributed by atoms with Crippen molar-refractivity contribution in [1.82, 2.24) is 79.0 Å². The maximum absolute atomic E-state index is 11.7. The molecule has 0 aliphatic rings. The van der Waals surface area contributed by atoms with Crippen molar-refractivity contribution in [3.8, 4) is 92.6 Å². The molecule has 0 radical (unpaired) electrons. The minimum absolute atomic E-state index is 0. The highest BCUT2D eigenvalue weighted by atomic mass is 35.5. The summed E-state index contributed by atoms with van der Waals surface area (Å²) in [5, 5.41) is 90.4. The number of oxime groups is 2. The topological polar surface area (TPSA) is 415 Å². The Morgan fingerprint density at radius 1 is 0.372 bits per heavy atom. The number of fused-ring (bicyclic) bond motifs is 4. The molecule has 0 bridgehead atoms. The minimum Gasteiger partial charge on any atom is -0.411 e. The Morgan fingerprint density at radius 2 is 0.655 bits per heavy atom. The lowest BCUT2D eigenvalue weighted by atomic mass is 10.0. The van der Waals surface area contributed by atoms with Crippen LogP contribution in [0.2, 0.25) is 0 Å². The summed E-state index contributed by atoms with van der Waals surface area (Å²) in [6.07, 6.45) is 6.96. The number of carbonyl (C=O) groups excluding carboxylic acids is 2. The molecule has 12 heterocycles. The summed E-state index contributed by atoms with van der Waals surface area (Å²) in [6, 6.07) is 67.9. The lowest BCUT2D eigenvalue weighted by Crippen LogP contribution is -2.01. The van der Waals surface area contributed by atoms with Crippen LogP contribution in [0.4, 0.5) is 0 Å². The molecule has 0 saturated carbocycles. The van der Waals surface area contributed by atoms with Gasteiger partial charge in [-0.05, 0) is 187 Å². The Hall–Kier alpha value is -15.6. The van der Waals surface area contributed by atoms with E-state index in [0.717, 1.165) is 77.6 Å². The maximum atomic E-state index is 11.7. The summed E-state index contributed by atoms with van der Waals surface area (Å²) in [5.74, 6) is 6.03. The maximum Gasteiger partial charge on any atom is 0.178 e. The van der Waals surface area contributed by atoms with Crippen molar-refractivity contribution in [2.75, 3.05) is 0 Å². The number of nitriles is 4. The number of hydrogen-bond acceptors (Lipinski definition) is 24. The van der Waals surface area contributed by atoms with Gasteiger partial charge in [0.15, 0.2) is 34.8 Å². The molecule has 28 nitrogen and oxygen atoms in total. The van der Waals surface area contributed by atoms with Crippen molar-refractivity contribution in [1.29, 1.82) is 21.0 Å². The molecule has 113 heavy (non-hydrogen) atoms. The van der Waals surface area contributed by atoms with E-state index in [4.69, 9.17) is 15.6 Å². The highest BCUT2D eigenvalue weighted by Gasteiger charge is 2.20. The van der Waals surface area contributed by atoms with Gasteiger partial charge >= 0.3 is 0 Å². The molecule has 12 aromatic heterocycles. The number of ketones is 2. The van der Waals surface area contributed by atoms with Crippen LogP contribution < -0.4 is 5.90 Å². The van der Waals surface area contributed by atoms with Gasteiger partial charge in [-0.1, -0.05) is 58.8 Å². The average molecular weight is 1510 g/mol. The number of Topliss-reactive ketones (excluding diaryl/α,β-unsaturated/α-hetero) is 2. The van der Waals surface area contributed by atoms with Gasteiger partial charge in [0.05, 0.1) is 115 Å². The Kier molecular flexibility index (Phi) is 24.3. The Bertz CT molecular complexity index is 6540. The number of benzene rings is 4. The second-order valence-electron chi connectivity index (χ2n) is 25.2. The van der Waals surface area contributed by atoms with Crippen molar-refractivity contribution < 1.29 is 25.2 Å². The van der Waals surface area contributed by atoms with Gasteiger partial charge in [-0.25, -0.2) is 64.5 Å². The number of aromatic nitrogens is 16. The van der Waals surface area contributed by atoms with Crippen LogP contribution in [0.3, 0.4) is 0 Å². The van der Waals surface area contributed by atoms with Gasteiger partial charge in [-0.15, -0.1) is 12.4 Å². The number of pyridine rings is 8. The summed E-state index contributed by atoms with van der Waals surface area (Å²) < 4.78 is 6.77. The zero-order chi connectivity index (χ0) is 79.3. The molecule has 29 heteroatoms. The molecule has 0 aliphatic carbocycles. The number of halogens is 1. The standard InChI is InChI=1S/2C21H16N6O.2C21H15N5O.ClH.H3NO/c1-13-5-3-8-21(23-13)27-12-17-16(11-22)9-15(10-20(17)25-27)19-7-4-6-18(24-19)14(2)26-28;1-13-5-3-8-21(24-13)27-20-10-15(9-16(11-22)17(20)12-23-27)19-7-4-6-18(25-19)14(2)26-28;1-13-5-3-8-21(23-13)26-12-17-16(11-22)9-15(10-20(17)25-26)19-7-4-6-18(24-19)14(2)27;1-13-5-3-8-21(24-13)26-20-10-15(9-16(11-22)17(20)12-23-26)19-7-4-6-18(25-19)14(2)27;;1-2/h2*3-10,12,28H,1-2H3;2*3-10,12H,1-2H3;1H;2H,1H2/b2*26-14-;;;;. The van der Waals surface area contributed by atoms with Crippen LogP contribution in [0.1, 0.15) is 105 Å². The molecule has 16 aromatic rings.